The van der Waals surface area contributed by atoms with Gasteiger partial charge in [0.2, 0.25) is 0 Å². The first kappa shape index (κ1) is 12.1. The van der Waals surface area contributed by atoms with Crippen LogP contribution in [0.5, 0.6) is 0 Å². The van der Waals surface area contributed by atoms with Gasteiger partial charge in [0.15, 0.2) is 0 Å². The van der Waals surface area contributed by atoms with Crippen molar-refractivity contribution in [3.05, 3.63) is 11.4 Å². The van der Waals surface area contributed by atoms with Crippen LogP contribution in [0.2, 0.25) is 0 Å². The molecule has 0 spiro atoms. The van der Waals surface area contributed by atoms with Gasteiger partial charge in [0.25, 0.3) is 0 Å². The maximum atomic E-state index is 9.15. The minimum Gasteiger partial charge on any atom is -0.395 e. The molecule has 0 atom stereocenters. The Labute approximate surface area is 102 Å². The molecule has 1 fully saturated rings. The van der Waals surface area contributed by atoms with E-state index in [1.165, 1.54) is 12.8 Å². The number of hydrogen-bond acceptors (Lipinski definition) is 5. The van der Waals surface area contributed by atoms with Gasteiger partial charge < -0.3 is 15.7 Å². The maximum Gasteiger partial charge on any atom is 0.137 e. The molecule has 1 aromatic heterocycles. The highest BCUT2D eigenvalue weighted by atomic mass is 16.3. The van der Waals surface area contributed by atoms with Crippen molar-refractivity contribution in [2.75, 3.05) is 23.8 Å². The van der Waals surface area contributed by atoms with Crippen molar-refractivity contribution >= 4 is 11.6 Å². The zero-order valence-corrected chi connectivity index (χ0v) is 10.5. The fraction of sp³-hybridized carbons (Fsp3) is 0.667. The summed E-state index contributed by atoms with van der Waals surface area (Å²) in [6.07, 6.45) is 3.12. The summed E-state index contributed by atoms with van der Waals surface area (Å²) in [6, 6.07) is 0.514. The molecule has 5 heteroatoms. The molecular weight excluding hydrogens is 216 g/mol. The zero-order valence-electron chi connectivity index (χ0n) is 10.5. The summed E-state index contributed by atoms with van der Waals surface area (Å²) in [4.78, 5) is 11.0. The Morgan fingerprint density at radius 1 is 1.41 bits per heavy atom. The van der Waals surface area contributed by atoms with Gasteiger partial charge in [0.05, 0.1) is 6.61 Å². The lowest BCUT2D eigenvalue weighted by molar-refractivity contribution is 0.301. The molecule has 0 bridgehead atoms. The number of nitrogens with zero attached hydrogens (tertiary/aromatic N) is 3. The van der Waals surface area contributed by atoms with E-state index >= 15 is 0 Å². The zero-order chi connectivity index (χ0) is 12.4. The predicted molar refractivity (Wildman–Crippen MR) is 68.0 cm³/mol. The second kappa shape index (κ2) is 4.87. The largest absolute Gasteiger partial charge is 0.395 e. The summed E-state index contributed by atoms with van der Waals surface area (Å²) >= 11 is 0. The van der Waals surface area contributed by atoms with E-state index in [0.29, 0.717) is 18.4 Å². The van der Waals surface area contributed by atoms with Crippen molar-refractivity contribution in [2.45, 2.75) is 39.2 Å². The average Bonchev–Trinajstić information content (AvgIpc) is 3.14. The van der Waals surface area contributed by atoms with Crippen LogP contribution in [-0.4, -0.2) is 34.3 Å². The lowest BCUT2D eigenvalue weighted by Gasteiger charge is -2.25. The van der Waals surface area contributed by atoms with Gasteiger partial charge in [-0.3, -0.25) is 0 Å². The summed E-state index contributed by atoms with van der Waals surface area (Å²) in [5.74, 6) is 2.22. The van der Waals surface area contributed by atoms with Crippen molar-refractivity contribution in [1.82, 2.24) is 9.97 Å². The molecule has 0 saturated heterocycles. The monoisotopic (exact) mass is 236 g/mol. The van der Waals surface area contributed by atoms with E-state index in [0.717, 1.165) is 23.6 Å². The van der Waals surface area contributed by atoms with Crippen molar-refractivity contribution < 1.29 is 5.11 Å². The van der Waals surface area contributed by atoms with Crippen LogP contribution in [-0.2, 0) is 6.42 Å². The molecular formula is C12H20N4O. The summed E-state index contributed by atoms with van der Waals surface area (Å²) < 4.78 is 0. The van der Waals surface area contributed by atoms with Crippen LogP contribution in [0.25, 0.3) is 0 Å². The number of nitrogen functional groups attached to an aromatic ring is 1. The molecule has 0 radical (unpaired) electrons. The number of rotatable bonds is 5. The van der Waals surface area contributed by atoms with E-state index in [1.807, 2.05) is 13.8 Å². The van der Waals surface area contributed by atoms with Gasteiger partial charge in [0.1, 0.15) is 17.5 Å². The molecule has 0 amide bonds. The van der Waals surface area contributed by atoms with Crippen molar-refractivity contribution in [3.63, 3.8) is 0 Å². The molecule has 0 aromatic carbocycles. The number of anilines is 2. The molecule has 17 heavy (non-hydrogen) atoms. The lowest BCUT2D eigenvalue weighted by atomic mass is 10.2. The second-order valence-electron chi connectivity index (χ2n) is 4.48. The van der Waals surface area contributed by atoms with E-state index in [9.17, 15) is 0 Å². The topological polar surface area (TPSA) is 75.3 Å². The van der Waals surface area contributed by atoms with E-state index in [-0.39, 0.29) is 6.61 Å². The van der Waals surface area contributed by atoms with Gasteiger partial charge in [-0.1, -0.05) is 6.92 Å². The molecule has 1 heterocycles. The Bertz CT molecular complexity index is 404. The third-order valence-electron chi connectivity index (χ3n) is 3.12. The molecule has 1 aliphatic carbocycles. The Morgan fingerprint density at radius 2 is 2.12 bits per heavy atom. The fourth-order valence-corrected chi connectivity index (χ4v) is 1.96. The highest BCUT2D eigenvalue weighted by molar-refractivity contribution is 5.57. The number of aromatic nitrogens is 2. The van der Waals surface area contributed by atoms with Crippen LogP contribution < -0.4 is 10.6 Å². The minimum atomic E-state index is 0.140. The maximum absolute atomic E-state index is 9.15. The molecule has 0 unspecified atom stereocenters. The molecule has 1 saturated carbocycles. The van der Waals surface area contributed by atoms with Crippen LogP contribution in [0, 0.1) is 6.92 Å². The minimum absolute atomic E-state index is 0.140. The van der Waals surface area contributed by atoms with Crippen LogP contribution in [0.3, 0.4) is 0 Å². The first-order valence-corrected chi connectivity index (χ1v) is 6.17. The highest BCUT2D eigenvalue weighted by Crippen LogP contribution is 2.33. The number of aliphatic hydroxyl groups is 1. The van der Waals surface area contributed by atoms with Crippen molar-refractivity contribution in [3.8, 4) is 0 Å². The van der Waals surface area contributed by atoms with Gasteiger partial charge >= 0.3 is 0 Å². The lowest BCUT2D eigenvalue weighted by Crippen LogP contribution is -2.31. The number of hydrogen-bond donors (Lipinski definition) is 2. The molecule has 94 valence electrons. The van der Waals surface area contributed by atoms with E-state index in [4.69, 9.17) is 10.8 Å². The molecule has 2 rings (SSSR count). The number of aliphatic hydroxyl groups excluding tert-OH is 1. The molecule has 0 aliphatic heterocycles. The number of aryl methyl sites for hydroxylation is 1. The van der Waals surface area contributed by atoms with Gasteiger partial charge in [-0.25, -0.2) is 9.97 Å². The Balaban J connectivity index is 2.36. The van der Waals surface area contributed by atoms with Gasteiger partial charge in [-0.15, -0.1) is 0 Å². The number of nitrogens with two attached hydrogens (primary N) is 1. The fourth-order valence-electron chi connectivity index (χ4n) is 1.96. The molecule has 5 nitrogen and oxygen atoms in total. The van der Waals surface area contributed by atoms with Crippen LogP contribution in [0.1, 0.15) is 31.2 Å². The SMILES string of the molecule is CCc1nc(N)c(C)c(N(CCO)C2CC2)n1. The van der Waals surface area contributed by atoms with E-state index in [2.05, 4.69) is 14.9 Å². The molecule has 1 aromatic rings. The third-order valence-corrected chi connectivity index (χ3v) is 3.12. The average molecular weight is 236 g/mol. The Hall–Kier alpha value is -1.36. The van der Waals surface area contributed by atoms with E-state index < -0.39 is 0 Å². The Morgan fingerprint density at radius 3 is 2.65 bits per heavy atom. The van der Waals surface area contributed by atoms with Crippen LogP contribution in [0.4, 0.5) is 11.6 Å². The summed E-state index contributed by atoms with van der Waals surface area (Å²) in [6.45, 7) is 4.71. The van der Waals surface area contributed by atoms with Gasteiger partial charge in [0, 0.05) is 24.6 Å². The summed E-state index contributed by atoms with van der Waals surface area (Å²) in [7, 11) is 0. The molecule has 3 N–H and O–H groups in total. The first-order valence-electron chi connectivity index (χ1n) is 6.17. The normalized spacial score (nSPS) is 15.0. The summed E-state index contributed by atoms with van der Waals surface area (Å²) in [5.41, 5.74) is 6.83. The standard InChI is InChI=1S/C12H20N4O/c1-3-10-14-11(13)8(2)12(15-10)16(6-7-17)9-4-5-9/h9,17H,3-7H2,1-2H3,(H2,13,14,15). The van der Waals surface area contributed by atoms with Gasteiger partial charge in [-0.05, 0) is 19.8 Å². The van der Waals surface area contributed by atoms with Crippen molar-refractivity contribution in [1.29, 1.82) is 0 Å². The van der Waals surface area contributed by atoms with Crippen molar-refractivity contribution in [2.24, 2.45) is 0 Å². The smallest absolute Gasteiger partial charge is 0.137 e. The third kappa shape index (κ3) is 2.49. The van der Waals surface area contributed by atoms with E-state index in [1.54, 1.807) is 0 Å². The van der Waals surface area contributed by atoms with Crippen LogP contribution >= 0.6 is 0 Å². The molecule has 1 aliphatic rings. The Kier molecular flexibility index (Phi) is 3.47. The first-order chi connectivity index (χ1) is 8.17. The predicted octanol–water partition coefficient (Wildman–Crippen LogP) is 0.891. The summed E-state index contributed by atoms with van der Waals surface area (Å²) in [5, 5.41) is 9.15. The highest BCUT2D eigenvalue weighted by Gasteiger charge is 2.31. The van der Waals surface area contributed by atoms with Crippen LogP contribution in [0.15, 0.2) is 0 Å². The quantitative estimate of drug-likeness (QED) is 0.794. The second-order valence-corrected chi connectivity index (χ2v) is 4.48. The van der Waals surface area contributed by atoms with Gasteiger partial charge in [-0.2, -0.15) is 0 Å².